The molecule has 0 heterocycles. The summed E-state index contributed by atoms with van der Waals surface area (Å²) in [5, 5.41) is 13.0. The van der Waals surface area contributed by atoms with Crippen LogP contribution in [0.5, 0.6) is 0 Å². The van der Waals surface area contributed by atoms with Crippen LogP contribution in [-0.4, -0.2) is 36.1 Å². The number of carbonyl (C=O) groups is 1. The van der Waals surface area contributed by atoms with Crippen molar-refractivity contribution in [1.29, 1.82) is 0 Å². The molecule has 14 heavy (non-hydrogen) atoms. The highest BCUT2D eigenvalue weighted by Crippen LogP contribution is 1.90. The highest BCUT2D eigenvalue weighted by Gasteiger charge is 2.00. The molecule has 0 aliphatic carbocycles. The maximum atomic E-state index is 11.1. The first-order valence-electron chi connectivity index (χ1n) is 4.34. The second kappa shape index (κ2) is 7.65. The Morgan fingerprint density at radius 1 is 1.43 bits per heavy atom. The van der Waals surface area contributed by atoms with Crippen molar-refractivity contribution in [3.05, 3.63) is 5.21 Å². The van der Waals surface area contributed by atoms with Crippen LogP contribution in [0.25, 0.3) is 0 Å². The molecule has 0 unspecified atom stereocenters. The molecule has 0 fully saturated rings. The van der Waals surface area contributed by atoms with E-state index in [2.05, 4.69) is 15.2 Å². The van der Waals surface area contributed by atoms with E-state index in [0.29, 0.717) is 18.4 Å². The van der Waals surface area contributed by atoms with Crippen molar-refractivity contribution in [3.63, 3.8) is 0 Å². The van der Waals surface area contributed by atoms with Crippen molar-refractivity contribution < 1.29 is 14.4 Å². The molecule has 0 bridgehead atoms. The van der Waals surface area contributed by atoms with E-state index in [1.165, 1.54) is 11.9 Å². The largest absolute Gasteiger partial charge is 0.756 e. The Balaban J connectivity index is 3.51. The summed E-state index contributed by atoms with van der Waals surface area (Å²) in [6, 6.07) is 0. The maximum Gasteiger partial charge on any atom is 0.304 e. The number of carbonyl (C=O) groups excluding carboxylic acids is 1. The lowest BCUT2D eigenvalue weighted by atomic mass is 10.6. The first-order chi connectivity index (χ1) is 6.61. The molecule has 0 aliphatic heterocycles. The van der Waals surface area contributed by atoms with Gasteiger partial charge in [-0.05, 0) is 0 Å². The number of hydrazine groups is 2. The molecular formula is C7H16N3O4-. The van der Waals surface area contributed by atoms with Crippen molar-refractivity contribution in [3.8, 4) is 0 Å². The van der Waals surface area contributed by atoms with Gasteiger partial charge in [0.15, 0.2) is 0 Å². The molecule has 0 aromatic rings. The Hall–Kier alpha value is -0.730. The van der Waals surface area contributed by atoms with Crippen LogP contribution >= 0.6 is 0 Å². The number of rotatable bonds is 7. The van der Waals surface area contributed by atoms with Crippen LogP contribution in [0.2, 0.25) is 0 Å². The molecule has 7 heteroatoms. The number of hydrogen-bond acceptors (Lipinski definition) is 7. The van der Waals surface area contributed by atoms with Crippen LogP contribution in [0.3, 0.4) is 0 Å². The van der Waals surface area contributed by atoms with Crippen molar-refractivity contribution in [2.24, 2.45) is 0 Å². The molecule has 1 N–H and O–H groups in total. The van der Waals surface area contributed by atoms with Gasteiger partial charge in [0.25, 0.3) is 0 Å². The van der Waals surface area contributed by atoms with Gasteiger partial charge in [-0.1, -0.05) is 13.8 Å². The molecule has 0 aromatic carbocycles. The van der Waals surface area contributed by atoms with Gasteiger partial charge in [0.05, 0.1) is 0 Å². The second-order valence-electron chi connectivity index (χ2n) is 2.40. The van der Waals surface area contributed by atoms with Crippen LogP contribution in [-0.2, 0) is 14.4 Å². The van der Waals surface area contributed by atoms with Crippen molar-refractivity contribution >= 4 is 5.97 Å². The van der Waals surface area contributed by atoms with Gasteiger partial charge in [-0.3, -0.25) is 4.79 Å². The Kier molecular flexibility index (Phi) is 7.25. The van der Waals surface area contributed by atoms with E-state index >= 15 is 0 Å². The summed E-state index contributed by atoms with van der Waals surface area (Å²) < 4.78 is 4.43. The Morgan fingerprint density at radius 3 is 2.43 bits per heavy atom. The third-order valence-corrected chi connectivity index (χ3v) is 1.45. The summed E-state index contributed by atoms with van der Waals surface area (Å²) in [6.45, 7) is 5.75. The maximum absolute atomic E-state index is 11.1. The van der Waals surface area contributed by atoms with Gasteiger partial charge in [0.2, 0.25) is 6.79 Å². The van der Waals surface area contributed by atoms with Crippen molar-refractivity contribution in [2.75, 3.05) is 19.9 Å². The Labute approximate surface area is 83.0 Å². The third-order valence-electron chi connectivity index (χ3n) is 1.45. The van der Waals surface area contributed by atoms with E-state index in [1.54, 1.807) is 0 Å². The summed E-state index contributed by atoms with van der Waals surface area (Å²) in [4.78, 5) is 14.9. The molecular weight excluding hydrogens is 190 g/mol. The number of nitrogens with one attached hydrogen (secondary N) is 1. The van der Waals surface area contributed by atoms with Crippen LogP contribution in [0.15, 0.2) is 0 Å². The normalized spacial score (nSPS) is 11.0. The number of esters is 1. The first-order valence-corrected chi connectivity index (χ1v) is 4.34. The predicted molar refractivity (Wildman–Crippen MR) is 49.0 cm³/mol. The summed E-state index contributed by atoms with van der Waals surface area (Å²) >= 11 is 0. The van der Waals surface area contributed by atoms with Crippen molar-refractivity contribution in [1.82, 2.24) is 15.9 Å². The van der Waals surface area contributed by atoms with Gasteiger partial charge >= 0.3 is 5.97 Å². The van der Waals surface area contributed by atoms with Crippen LogP contribution in [0.1, 0.15) is 20.8 Å². The standard InChI is InChI=1S/C7H16N3O4/c1-4-9(5-2)10(12)8-14-6-13-7(3)11/h8H,4-6H2,1-3H3/q-1. The number of nitrogens with zero attached hydrogens (tertiary/aromatic N) is 2. The lowest BCUT2D eigenvalue weighted by Gasteiger charge is -2.37. The fraction of sp³-hybridized carbons (Fsp3) is 0.857. The minimum Gasteiger partial charge on any atom is -0.756 e. The molecule has 84 valence electrons. The zero-order valence-electron chi connectivity index (χ0n) is 8.65. The highest BCUT2D eigenvalue weighted by molar-refractivity contribution is 5.65. The fourth-order valence-electron chi connectivity index (χ4n) is 0.732. The average Bonchev–Trinajstić information content (AvgIpc) is 2.14. The number of hydrogen-bond donors (Lipinski definition) is 1. The molecule has 0 rings (SSSR count). The van der Waals surface area contributed by atoms with Crippen LogP contribution in [0.4, 0.5) is 0 Å². The van der Waals surface area contributed by atoms with Crippen LogP contribution in [0, 0.1) is 5.21 Å². The second-order valence-corrected chi connectivity index (χ2v) is 2.40. The van der Waals surface area contributed by atoms with E-state index in [-0.39, 0.29) is 6.79 Å². The summed E-state index contributed by atoms with van der Waals surface area (Å²) in [5.41, 5.74) is 2.07. The van der Waals surface area contributed by atoms with E-state index < -0.39 is 5.97 Å². The van der Waals surface area contributed by atoms with E-state index in [4.69, 9.17) is 0 Å². The smallest absolute Gasteiger partial charge is 0.304 e. The molecule has 0 aliphatic rings. The van der Waals surface area contributed by atoms with Gasteiger partial charge in [0, 0.05) is 20.0 Å². The zero-order valence-corrected chi connectivity index (χ0v) is 8.65. The molecule has 0 spiro atoms. The lowest BCUT2D eigenvalue weighted by molar-refractivity contribution is -0.204. The van der Waals surface area contributed by atoms with Crippen LogP contribution < -0.4 is 5.59 Å². The minimum atomic E-state index is -0.466. The Bertz CT molecular complexity index is 163. The van der Waals surface area contributed by atoms with Gasteiger partial charge in [-0.15, -0.1) is 5.59 Å². The summed E-state index contributed by atoms with van der Waals surface area (Å²) in [5.74, 6) is -0.466. The summed E-state index contributed by atoms with van der Waals surface area (Å²) in [7, 11) is 0. The molecule has 7 nitrogen and oxygen atoms in total. The van der Waals surface area contributed by atoms with Gasteiger partial charge in [0.1, 0.15) is 0 Å². The van der Waals surface area contributed by atoms with Gasteiger partial charge < -0.3 is 9.94 Å². The average molecular weight is 206 g/mol. The Morgan fingerprint density at radius 2 is 2.00 bits per heavy atom. The topological polar surface area (TPSA) is 77.1 Å². The molecule has 0 atom stereocenters. The van der Waals surface area contributed by atoms with E-state index in [9.17, 15) is 10.0 Å². The third kappa shape index (κ3) is 5.84. The summed E-state index contributed by atoms with van der Waals surface area (Å²) in [6.07, 6.45) is 0. The van der Waals surface area contributed by atoms with E-state index in [1.807, 2.05) is 13.8 Å². The SMILES string of the molecule is CCN(CC)N([O-])NOCOC(C)=O. The fourth-order valence-corrected chi connectivity index (χ4v) is 0.732. The molecule has 0 radical (unpaired) electrons. The molecule has 0 amide bonds. The van der Waals surface area contributed by atoms with Crippen molar-refractivity contribution in [2.45, 2.75) is 20.8 Å². The van der Waals surface area contributed by atoms with E-state index in [0.717, 1.165) is 0 Å². The van der Waals surface area contributed by atoms with Gasteiger partial charge in [-0.2, -0.15) is 0 Å². The highest BCUT2D eigenvalue weighted by atomic mass is 16.8. The lowest BCUT2D eigenvalue weighted by Crippen LogP contribution is -2.47. The molecule has 0 saturated carbocycles. The molecule has 0 saturated heterocycles. The predicted octanol–water partition coefficient (Wildman–Crippen LogP) is -0.000200. The van der Waals surface area contributed by atoms with Gasteiger partial charge in [-0.25, -0.2) is 15.1 Å². The number of ether oxygens (including phenoxy) is 1. The zero-order chi connectivity index (χ0) is 11.0. The molecule has 0 aromatic heterocycles. The quantitative estimate of drug-likeness (QED) is 0.272. The first kappa shape index (κ1) is 13.3. The minimum absolute atomic E-state index is 0.296. The monoisotopic (exact) mass is 206 g/mol.